The minimum Gasteiger partial charge on any atom is -0.369 e. The zero-order valence-electron chi connectivity index (χ0n) is 14.0. The first-order valence-electron chi connectivity index (χ1n) is 7.76. The van der Waals surface area contributed by atoms with Crippen molar-refractivity contribution in [2.45, 2.75) is 44.2 Å². The van der Waals surface area contributed by atoms with Gasteiger partial charge < -0.3 is 5.73 Å². The monoisotopic (exact) mass is 383 g/mol. The molecule has 0 aliphatic carbocycles. The lowest BCUT2D eigenvalue weighted by Crippen LogP contribution is -2.12. The molecular formula is C16H21N3O2S3. The Morgan fingerprint density at radius 2 is 2.08 bits per heavy atom. The van der Waals surface area contributed by atoms with E-state index in [-0.39, 0.29) is 17.6 Å². The molecule has 2 heterocycles. The minimum atomic E-state index is -0.368. The number of rotatable bonds is 8. The van der Waals surface area contributed by atoms with Gasteiger partial charge in [0.05, 0.1) is 20.5 Å². The fourth-order valence-electron chi connectivity index (χ4n) is 2.18. The average molecular weight is 384 g/mol. The molecule has 0 aliphatic rings. The Balaban J connectivity index is 2.09. The molecule has 0 saturated heterocycles. The van der Waals surface area contributed by atoms with E-state index < -0.39 is 0 Å². The standard InChI is InChI=1S/C16H21N3O2S3/c1-4-6-11-10(5-2)7-12(23-11)14(21)19-16-18-9(3)15(24-16)22-8-13(17)20/h7H,4-6,8H2,1-3H3,(H2,17,20)(H,18,19,21). The van der Waals surface area contributed by atoms with Crippen LogP contribution in [0.4, 0.5) is 5.13 Å². The van der Waals surface area contributed by atoms with Crippen LogP contribution in [0.1, 0.15) is 46.1 Å². The Bertz CT molecular complexity index is 737. The molecule has 2 aromatic rings. The summed E-state index contributed by atoms with van der Waals surface area (Å²) in [6.45, 7) is 6.10. The number of nitrogens with one attached hydrogen (secondary N) is 1. The summed E-state index contributed by atoms with van der Waals surface area (Å²) in [6.07, 6.45) is 3.01. The predicted octanol–water partition coefficient (Wildman–Crippen LogP) is 3.86. The van der Waals surface area contributed by atoms with Crippen LogP contribution in [0.5, 0.6) is 0 Å². The molecule has 0 spiro atoms. The molecule has 2 amide bonds. The zero-order valence-corrected chi connectivity index (χ0v) is 16.4. The SMILES string of the molecule is CCCc1sc(C(=O)Nc2nc(C)c(SCC(N)=O)s2)cc1CC. The maximum atomic E-state index is 12.5. The van der Waals surface area contributed by atoms with Crippen molar-refractivity contribution < 1.29 is 9.59 Å². The minimum absolute atomic E-state index is 0.128. The summed E-state index contributed by atoms with van der Waals surface area (Å²) >= 11 is 4.28. The van der Waals surface area contributed by atoms with E-state index in [1.54, 1.807) is 11.3 Å². The van der Waals surface area contributed by atoms with Crippen LogP contribution in [0, 0.1) is 6.92 Å². The van der Waals surface area contributed by atoms with Gasteiger partial charge in [0.1, 0.15) is 0 Å². The van der Waals surface area contributed by atoms with Crippen molar-refractivity contribution in [3.63, 3.8) is 0 Å². The summed E-state index contributed by atoms with van der Waals surface area (Å²) in [4.78, 5) is 29.7. The number of nitrogens with zero attached hydrogens (tertiary/aromatic N) is 1. The topological polar surface area (TPSA) is 85.1 Å². The van der Waals surface area contributed by atoms with Crippen molar-refractivity contribution in [3.8, 4) is 0 Å². The lowest BCUT2D eigenvalue weighted by Gasteiger charge is -1.98. The Morgan fingerprint density at radius 3 is 2.71 bits per heavy atom. The molecular weight excluding hydrogens is 362 g/mol. The van der Waals surface area contributed by atoms with Gasteiger partial charge in [0, 0.05) is 4.88 Å². The van der Waals surface area contributed by atoms with E-state index >= 15 is 0 Å². The normalized spacial score (nSPS) is 10.8. The van der Waals surface area contributed by atoms with E-state index in [4.69, 9.17) is 5.73 Å². The number of amides is 2. The largest absolute Gasteiger partial charge is 0.369 e. The molecule has 5 nitrogen and oxygen atoms in total. The second kappa shape index (κ2) is 8.64. The van der Waals surface area contributed by atoms with Crippen LogP contribution in [0.25, 0.3) is 0 Å². The van der Waals surface area contributed by atoms with Gasteiger partial charge in [0.2, 0.25) is 5.91 Å². The molecule has 0 saturated carbocycles. The number of nitrogens with two attached hydrogens (primary N) is 1. The number of carbonyl (C=O) groups is 2. The second-order valence-electron chi connectivity index (χ2n) is 5.26. The number of aryl methyl sites for hydroxylation is 3. The fourth-order valence-corrected chi connectivity index (χ4v) is 5.30. The van der Waals surface area contributed by atoms with Crippen LogP contribution in [0.3, 0.4) is 0 Å². The first kappa shape index (κ1) is 19.0. The maximum Gasteiger partial charge on any atom is 0.267 e. The van der Waals surface area contributed by atoms with Gasteiger partial charge in [-0.1, -0.05) is 31.6 Å². The summed E-state index contributed by atoms with van der Waals surface area (Å²) < 4.78 is 0.899. The van der Waals surface area contributed by atoms with Crippen molar-refractivity contribution in [1.29, 1.82) is 0 Å². The number of thiophene rings is 1. The van der Waals surface area contributed by atoms with E-state index in [0.717, 1.165) is 34.0 Å². The number of thiazole rings is 1. The number of hydrogen-bond donors (Lipinski definition) is 2. The highest BCUT2D eigenvalue weighted by Crippen LogP contribution is 2.32. The average Bonchev–Trinajstić information content (AvgIpc) is 3.09. The molecule has 24 heavy (non-hydrogen) atoms. The van der Waals surface area contributed by atoms with Crippen molar-refractivity contribution in [1.82, 2.24) is 4.98 Å². The van der Waals surface area contributed by atoms with Gasteiger partial charge in [0.15, 0.2) is 5.13 Å². The Kier molecular flexibility index (Phi) is 6.82. The molecule has 0 atom stereocenters. The first-order chi connectivity index (χ1) is 11.4. The highest BCUT2D eigenvalue weighted by atomic mass is 32.2. The van der Waals surface area contributed by atoms with Crippen molar-refractivity contribution in [3.05, 3.63) is 27.1 Å². The smallest absolute Gasteiger partial charge is 0.267 e. The van der Waals surface area contributed by atoms with Gasteiger partial charge in [0.25, 0.3) is 5.91 Å². The quantitative estimate of drug-likeness (QED) is 0.678. The number of hydrogen-bond acceptors (Lipinski definition) is 6. The van der Waals surface area contributed by atoms with Crippen LogP contribution in [-0.2, 0) is 17.6 Å². The molecule has 2 rings (SSSR count). The number of anilines is 1. The Morgan fingerprint density at radius 1 is 1.33 bits per heavy atom. The summed E-state index contributed by atoms with van der Waals surface area (Å²) in [5.74, 6) is -0.286. The molecule has 0 aromatic carbocycles. The van der Waals surface area contributed by atoms with Crippen molar-refractivity contribution in [2.24, 2.45) is 5.73 Å². The fraction of sp³-hybridized carbons (Fsp3) is 0.438. The van der Waals surface area contributed by atoms with E-state index in [0.29, 0.717) is 5.13 Å². The lowest BCUT2D eigenvalue weighted by molar-refractivity contribution is -0.115. The number of primary amides is 1. The van der Waals surface area contributed by atoms with Gasteiger partial charge in [-0.3, -0.25) is 14.9 Å². The molecule has 0 radical (unpaired) electrons. The van der Waals surface area contributed by atoms with Gasteiger partial charge in [-0.2, -0.15) is 0 Å². The maximum absolute atomic E-state index is 12.5. The molecule has 0 aliphatic heterocycles. The molecule has 3 N–H and O–H groups in total. The molecule has 0 bridgehead atoms. The lowest BCUT2D eigenvalue weighted by atomic mass is 10.1. The van der Waals surface area contributed by atoms with Gasteiger partial charge >= 0.3 is 0 Å². The third-order valence-electron chi connectivity index (χ3n) is 3.30. The third-order valence-corrected chi connectivity index (χ3v) is 6.99. The number of thioether (sulfide) groups is 1. The van der Waals surface area contributed by atoms with E-state index in [9.17, 15) is 9.59 Å². The predicted molar refractivity (Wildman–Crippen MR) is 102 cm³/mol. The Labute approximate surface area is 154 Å². The summed E-state index contributed by atoms with van der Waals surface area (Å²) in [7, 11) is 0. The third kappa shape index (κ3) is 4.81. The zero-order chi connectivity index (χ0) is 17.7. The summed E-state index contributed by atoms with van der Waals surface area (Å²) in [6, 6.07) is 1.98. The van der Waals surface area contributed by atoms with Crippen molar-refractivity contribution in [2.75, 3.05) is 11.1 Å². The van der Waals surface area contributed by atoms with Gasteiger partial charge in [-0.25, -0.2) is 4.98 Å². The Hall–Kier alpha value is -1.38. The summed E-state index contributed by atoms with van der Waals surface area (Å²) in [5.41, 5.74) is 7.21. The van der Waals surface area contributed by atoms with E-state index in [1.165, 1.54) is 33.5 Å². The molecule has 0 fully saturated rings. The molecule has 0 unspecified atom stereocenters. The molecule has 130 valence electrons. The van der Waals surface area contributed by atoms with Crippen LogP contribution in [-0.4, -0.2) is 22.6 Å². The van der Waals surface area contributed by atoms with E-state index in [1.807, 2.05) is 13.0 Å². The summed E-state index contributed by atoms with van der Waals surface area (Å²) in [5, 5.41) is 3.41. The first-order valence-corrected chi connectivity index (χ1v) is 10.4. The second-order valence-corrected chi connectivity index (χ2v) is 8.64. The number of carbonyl (C=O) groups excluding carboxylic acids is 2. The van der Waals surface area contributed by atoms with Crippen LogP contribution in [0.15, 0.2) is 10.3 Å². The van der Waals surface area contributed by atoms with Gasteiger partial charge in [-0.15, -0.1) is 23.1 Å². The van der Waals surface area contributed by atoms with Crippen LogP contribution >= 0.6 is 34.4 Å². The van der Waals surface area contributed by atoms with Crippen LogP contribution in [0.2, 0.25) is 0 Å². The number of aromatic nitrogens is 1. The highest BCUT2D eigenvalue weighted by Gasteiger charge is 2.16. The van der Waals surface area contributed by atoms with E-state index in [2.05, 4.69) is 24.1 Å². The highest BCUT2D eigenvalue weighted by molar-refractivity contribution is 8.01. The molecule has 8 heteroatoms. The van der Waals surface area contributed by atoms with Crippen LogP contribution < -0.4 is 11.1 Å². The molecule has 2 aromatic heterocycles. The van der Waals surface area contributed by atoms with Gasteiger partial charge in [-0.05, 0) is 31.4 Å². The van der Waals surface area contributed by atoms with Crippen molar-refractivity contribution >= 4 is 51.4 Å².